The molecule has 0 aliphatic heterocycles. The van der Waals surface area contributed by atoms with Crippen molar-refractivity contribution >= 4 is 16.7 Å². The number of hydrogen-bond acceptors (Lipinski definition) is 5. The fourth-order valence-corrected chi connectivity index (χ4v) is 3.76. The summed E-state index contributed by atoms with van der Waals surface area (Å²) in [6.07, 6.45) is 0.882. The minimum absolute atomic E-state index is 0.119. The van der Waals surface area contributed by atoms with E-state index < -0.39 is 12.1 Å². The molecule has 0 fully saturated rings. The summed E-state index contributed by atoms with van der Waals surface area (Å²) in [7, 11) is 0. The van der Waals surface area contributed by atoms with Gasteiger partial charge in [0.1, 0.15) is 11.5 Å². The van der Waals surface area contributed by atoms with E-state index in [2.05, 4.69) is 25.8 Å². The topological polar surface area (TPSA) is 81.8 Å². The zero-order valence-corrected chi connectivity index (χ0v) is 19.6. The largest absolute Gasteiger partial charge is 0.493 e. The number of aliphatic carboxylic acids is 1. The van der Waals surface area contributed by atoms with Gasteiger partial charge in [0.15, 0.2) is 12.0 Å². The molecule has 0 aliphatic rings. The van der Waals surface area contributed by atoms with Crippen LogP contribution >= 0.6 is 0 Å². The van der Waals surface area contributed by atoms with E-state index in [9.17, 15) is 9.90 Å². The Morgan fingerprint density at radius 2 is 1.88 bits per heavy atom. The van der Waals surface area contributed by atoms with Crippen molar-refractivity contribution < 1.29 is 23.8 Å². The zero-order chi connectivity index (χ0) is 23.3. The van der Waals surface area contributed by atoms with Crippen LogP contribution in [0.4, 0.5) is 0 Å². The average Bonchev–Trinajstić information content (AvgIpc) is 3.06. The molecule has 1 aromatic heterocycles. The maximum absolute atomic E-state index is 11.5. The number of ether oxygens (including phenoxy) is 2. The monoisotopic (exact) mass is 439 g/mol. The van der Waals surface area contributed by atoms with E-state index in [1.165, 1.54) is 0 Å². The van der Waals surface area contributed by atoms with E-state index in [0.29, 0.717) is 26.1 Å². The molecule has 0 amide bonds. The highest BCUT2D eigenvalue weighted by Crippen LogP contribution is 2.30. The molecule has 2 aromatic carbocycles. The number of oxazole rings is 1. The Hall–Kier alpha value is -2.86. The van der Waals surface area contributed by atoms with E-state index in [1.54, 1.807) is 6.92 Å². The van der Waals surface area contributed by atoms with Gasteiger partial charge >= 0.3 is 5.97 Å². The Kier molecular flexibility index (Phi) is 7.56. The van der Waals surface area contributed by atoms with Crippen LogP contribution in [0.5, 0.6) is 5.75 Å². The highest BCUT2D eigenvalue weighted by molar-refractivity contribution is 5.91. The van der Waals surface area contributed by atoms with Crippen LogP contribution in [0, 0.1) is 12.3 Å². The maximum atomic E-state index is 11.5. The normalized spacial score (nSPS) is 12.8. The second-order valence-electron chi connectivity index (χ2n) is 9.20. The van der Waals surface area contributed by atoms with Gasteiger partial charge in [-0.25, -0.2) is 9.78 Å². The molecule has 0 aliphatic carbocycles. The van der Waals surface area contributed by atoms with Crippen LogP contribution in [0.15, 0.2) is 40.8 Å². The number of rotatable bonds is 10. The molecule has 1 atom stereocenters. The van der Waals surface area contributed by atoms with E-state index in [4.69, 9.17) is 13.9 Å². The quantitative estimate of drug-likeness (QED) is 0.457. The lowest BCUT2D eigenvalue weighted by atomic mass is 9.92. The molecule has 1 heterocycles. The predicted molar refractivity (Wildman–Crippen MR) is 124 cm³/mol. The van der Waals surface area contributed by atoms with Gasteiger partial charge < -0.3 is 19.0 Å². The lowest BCUT2D eigenvalue weighted by Gasteiger charge is -2.16. The molecule has 0 radical (unpaired) electrons. The van der Waals surface area contributed by atoms with Crippen molar-refractivity contribution in [2.75, 3.05) is 13.2 Å². The van der Waals surface area contributed by atoms with Gasteiger partial charge in [0.05, 0.1) is 12.3 Å². The SMILES string of the molecule is CCOC(Cc1ccc(OCCc2nc(CC(C)(C)C)oc2C)c2ccccc12)C(=O)O. The van der Waals surface area contributed by atoms with Gasteiger partial charge in [-0.2, -0.15) is 0 Å². The fraction of sp³-hybridized carbons (Fsp3) is 0.462. The van der Waals surface area contributed by atoms with Gasteiger partial charge in [-0.1, -0.05) is 51.1 Å². The number of carboxylic acids is 1. The van der Waals surface area contributed by atoms with Crippen LogP contribution in [-0.2, 0) is 28.8 Å². The smallest absolute Gasteiger partial charge is 0.333 e. The van der Waals surface area contributed by atoms with Crippen molar-refractivity contribution in [3.8, 4) is 5.75 Å². The Balaban J connectivity index is 1.73. The summed E-state index contributed by atoms with van der Waals surface area (Å²) in [6, 6.07) is 11.7. The highest BCUT2D eigenvalue weighted by Gasteiger charge is 2.20. The van der Waals surface area contributed by atoms with Crippen LogP contribution < -0.4 is 4.74 Å². The Bertz CT molecular complexity index is 1060. The molecule has 1 unspecified atom stereocenters. The Morgan fingerprint density at radius 3 is 2.53 bits per heavy atom. The molecule has 0 saturated carbocycles. The molecular weight excluding hydrogens is 406 g/mol. The first-order valence-electron chi connectivity index (χ1n) is 11.1. The van der Waals surface area contributed by atoms with Gasteiger partial charge in [-0.05, 0) is 36.3 Å². The first kappa shape index (κ1) is 23.8. The second kappa shape index (κ2) is 10.2. The van der Waals surface area contributed by atoms with Crippen LogP contribution in [0.25, 0.3) is 10.8 Å². The zero-order valence-electron chi connectivity index (χ0n) is 19.6. The van der Waals surface area contributed by atoms with Gasteiger partial charge in [0, 0.05) is 31.3 Å². The third-order valence-corrected chi connectivity index (χ3v) is 5.24. The molecule has 1 N–H and O–H groups in total. The average molecular weight is 440 g/mol. The summed E-state index contributed by atoms with van der Waals surface area (Å²) in [4.78, 5) is 16.2. The first-order valence-corrected chi connectivity index (χ1v) is 11.1. The fourth-order valence-electron chi connectivity index (χ4n) is 3.76. The van der Waals surface area contributed by atoms with E-state index >= 15 is 0 Å². The lowest BCUT2D eigenvalue weighted by molar-refractivity contribution is -0.149. The molecule has 6 nitrogen and oxygen atoms in total. The number of aryl methyl sites for hydroxylation is 1. The minimum atomic E-state index is -0.954. The Morgan fingerprint density at radius 1 is 1.16 bits per heavy atom. The molecular formula is C26H33NO5. The van der Waals surface area contributed by atoms with Crippen molar-refractivity contribution in [1.82, 2.24) is 4.98 Å². The number of aromatic nitrogens is 1. The van der Waals surface area contributed by atoms with Crippen molar-refractivity contribution in [3.63, 3.8) is 0 Å². The van der Waals surface area contributed by atoms with E-state index in [1.807, 2.05) is 43.3 Å². The third-order valence-electron chi connectivity index (χ3n) is 5.24. The molecule has 6 heteroatoms. The number of carboxylic acid groups (broad SMARTS) is 1. The number of fused-ring (bicyclic) bond motifs is 1. The number of hydrogen-bond donors (Lipinski definition) is 1. The predicted octanol–water partition coefficient (Wildman–Crippen LogP) is 5.38. The summed E-state index contributed by atoms with van der Waals surface area (Å²) in [5.41, 5.74) is 1.97. The van der Waals surface area contributed by atoms with Gasteiger partial charge in [0.2, 0.25) is 0 Å². The number of benzene rings is 2. The standard InChI is InChI=1S/C26H33NO5/c1-6-30-23(25(28)29)15-18-11-12-22(20-10-8-7-9-19(18)20)31-14-13-21-17(2)32-24(27-21)16-26(3,4)5/h7-12,23H,6,13-16H2,1-5H3,(H,28,29). The van der Waals surface area contributed by atoms with E-state index in [0.717, 1.165) is 45.9 Å². The van der Waals surface area contributed by atoms with Crippen molar-refractivity contribution in [2.24, 2.45) is 5.41 Å². The molecule has 0 saturated heterocycles. The summed E-state index contributed by atoms with van der Waals surface area (Å²) in [5, 5.41) is 11.4. The van der Waals surface area contributed by atoms with E-state index in [-0.39, 0.29) is 5.41 Å². The summed E-state index contributed by atoms with van der Waals surface area (Å²) >= 11 is 0. The summed E-state index contributed by atoms with van der Waals surface area (Å²) < 4.78 is 17.3. The molecule has 32 heavy (non-hydrogen) atoms. The molecule has 0 bridgehead atoms. The van der Waals surface area contributed by atoms with Crippen LogP contribution in [0.2, 0.25) is 0 Å². The molecule has 3 rings (SSSR count). The molecule has 3 aromatic rings. The van der Waals surface area contributed by atoms with Crippen LogP contribution in [-0.4, -0.2) is 35.4 Å². The summed E-state index contributed by atoms with van der Waals surface area (Å²) in [6.45, 7) is 11.1. The van der Waals surface area contributed by atoms with Gasteiger partial charge in [0.25, 0.3) is 0 Å². The van der Waals surface area contributed by atoms with Gasteiger partial charge in [-0.15, -0.1) is 0 Å². The first-order chi connectivity index (χ1) is 15.2. The second-order valence-corrected chi connectivity index (χ2v) is 9.20. The van der Waals surface area contributed by atoms with Crippen molar-refractivity contribution in [3.05, 3.63) is 59.3 Å². The maximum Gasteiger partial charge on any atom is 0.333 e. The Labute approximate surface area is 189 Å². The molecule has 172 valence electrons. The molecule has 0 spiro atoms. The van der Waals surface area contributed by atoms with Crippen molar-refractivity contribution in [1.29, 1.82) is 0 Å². The highest BCUT2D eigenvalue weighted by atomic mass is 16.5. The van der Waals surface area contributed by atoms with Crippen molar-refractivity contribution in [2.45, 2.75) is 60.0 Å². The lowest BCUT2D eigenvalue weighted by Crippen LogP contribution is -2.26. The van der Waals surface area contributed by atoms with Crippen LogP contribution in [0.1, 0.15) is 50.6 Å². The van der Waals surface area contributed by atoms with Gasteiger partial charge in [-0.3, -0.25) is 0 Å². The number of nitrogens with zero attached hydrogens (tertiary/aromatic N) is 1. The van der Waals surface area contributed by atoms with Crippen LogP contribution in [0.3, 0.4) is 0 Å². The third kappa shape index (κ3) is 6.10. The minimum Gasteiger partial charge on any atom is -0.493 e. The summed E-state index contributed by atoms with van der Waals surface area (Å²) in [5.74, 6) is 1.42. The number of carbonyl (C=O) groups is 1.